The summed E-state index contributed by atoms with van der Waals surface area (Å²) in [6, 6.07) is 5.46. The minimum absolute atomic E-state index is 0.382. The molecule has 6 heteroatoms. The number of hydrogen-bond acceptors (Lipinski definition) is 4. The summed E-state index contributed by atoms with van der Waals surface area (Å²) in [4.78, 5) is 1.07. The van der Waals surface area contributed by atoms with E-state index in [1.807, 2.05) is 11.4 Å². The van der Waals surface area contributed by atoms with Crippen molar-refractivity contribution in [3.8, 4) is 11.5 Å². The Morgan fingerprint density at radius 3 is 2.60 bits per heavy atom. The molecule has 2 rings (SSSR count). The number of aliphatic hydroxyl groups excluding tert-OH is 1. The smallest absolute Gasteiger partial charge is 0.179 e. The number of halogens is 2. The van der Waals surface area contributed by atoms with Gasteiger partial charge in [-0.1, -0.05) is 17.7 Å². The van der Waals surface area contributed by atoms with Crippen LogP contribution in [0.2, 0.25) is 5.02 Å². The van der Waals surface area contributed by atoms with Crippen LogP contribution in [0.4, 0.5) is 0 Å². The van der Waals surface area contributed by atoms with E-state index in [2.05, 4.69) is 15.9 Å². The minimum Gasteiger partial charge on any atom is -0.493 e. The van der Waals surface area contributed by atoms with Gasteiger partial charge in [-0.2, -0.15) is 0 Å². The highest BCUT2D eigenvalue weighted by atomic mass is 79.9. The summed E-state index contributed by atoms with van der Waals surface area (Å²) in [7, 11) is 3.07. The molecule has 0 radical (unpaired) electrons. The maximum atomic E-state index is 10.4. The Bertz CT molecular complexity index is 600. The maximum Gasteiger partial charge on any atom is 0.179 e. The van der Waals surface area contributed by atoms with Crippen LogP contribution in [-0.4, -0.2) is 19.3 Å². The third-order valence-electron chi connectivity index (χ3n) is 2.94. The zero-order chi connectivity index (χ0) is 14.7. The highest BCUT2D eigenvalue weighted by molar-refractivity contribution is 9.10. The van der Waals surface area contributed by atoms with E-state index in [-0.39, 0.29) is 0 Å². The fraction of sp³-hybridized carbons (Fsp3) is 0.286. The number of ether oxygens (including phenoxy) is 2. The molecule has 1 unspecified atom stereocenters. The van der Waals surface area contributed by atoms with Gasteiger partial charge in [0.25, 0.3) is 0 Å². The molecular formula is C14H14BrClO3S. The number of benzene rings is 1. The van der Waals surface area contributed by atoms with E-state index < -0.39 is 6.10 Å². The van der Waals surface area contributed by atoms with Crippen molar-refractivity contribution in [2.24, 2.45) is 0 Å². The molecule has 0 aliphatic rings. The van der Waals surface area contributed by atoms with Crippen molar-refractivity contribution in [2.45, 2.75) is 12.5 Å². The zero-order valence-corrected chi connectivity index (χ0v) is 14.2. The lowest BCUT2D eigenvalue weighted by Crippen LogP contribution is -2.03. The molecule has 1 aromatic carbocycles. The highest BCUT2D eigenvalue weighted by Crippen LogP contribution is 2.40. The second-order valence-electron chi connectivity index (χ2n) is 4.12. The first-order chi connectivity index (χ1) is 9.58. The third-order valence-corrected chi connectivity index (χ3v) is 5.28. The second-order valence-corrected chi connectivity index (χ2v) is 6.35. The topological polar surface area (TPSA) is 38.7 Å². The van der Waals surface area contributed by atoms with Crippen LogP contribution in [0.5, 0.6) is 11.5 Å². The molecule has 0 fully saturated rings. The standard InChI is InChI=1S/C14H14BrClO3S/c1-18-11-4-3-8(13(16)14(11)19-2)10(17)7-12-9(15)5-6-20-12/h3-6,10,17H,7H2,1-2H3. The molecule has 20 heavy (non-hydrogen) atoms. The molecule has 1 aromatic heterocycles. The van der Waals surface area contributed by atoms with Gasteiger partial charge in [0.1, 0.15) is 0 Å². The predicted octanol–water partition coefficient (Wildman–Crippen LogP) is 4.46. The largest absolute Gasteiger partial charge is 0.493 e. The van der Waals surface area contributed by atoms with Gasteiger partial charge in [0.15, 0.2) is 11.5 Å². The molecule has 1 N–H and O–H groups in total. The molecule has 3 nitrogen and oxygen atoms in total. The summed E-state index contributed by atoms with van der Waals surface area (Å²) >= 11 is 11.3. The Kier molecular flexibility index (Phi) is 5.32. The Morgan fingerprint density at radius 2 is 2.05 bits per heavy atom. The average molecular weight is 378 g/mol. The molecule has 0 saturated carbocycles. The van der Waals surface area contributed by atoms with Crippen molar-refractivity contribution in [3.05, 3.63) is 43.5 Å². The van der Waals surface area contributed by atoms with Crippen LogP contribution in [0.25, 0.3) is 0 Å². The summed E-state index contributed by atoms with van der Waals surface area (Å²) in [5.41, 5.74) is 0.629. The van der Waals surface area contributed by atoms with E-state index in [0.717, 1.165) is 9.35 Å². The van der Waals surface area contributed by atoms with E-state index in [1.165, 1.54) is 7.11 Å². The van der Waals surface area contributed by atoms with Gasteiger partial charge in [0.05, 0.1) is 25.3 Å². The summed E-state index contributed by atoms with van der Waals surface area (Å²) < 4.78 is 11.4. The molecule has 0 saturated heterocycles. The summed E-state index contributed by atoms with van der Waals surface area (Å²) in [6.45, 7) is 0. The van der Waals surface area contributed by atoms with E-state index in [9.17, 15) is 5.11 Å². The fourth-order valence-corrected chi connectivity index (χ4v) is 3.83. The average Bonchev–Trinajstić information content (AvgIpc) is 2.83. The highest BCUT2D eigenvalue weighted by Gasteiger charge is 2.20. The van der Waals surface area contributed by atoms with E-state index in [1.54, 1.807) is 30.6 Å². The van der Waals surface area contributed by atoms with Crippen LogP contribution < -0.4 is 9.47 Å². The molecule has 0 spiro atoms. The van der Waals surface area contributed by atoms with Crippen molar-refractivity contribution in [1.29, 1.82) is 0 Å². The van der Waals surface area contributed by atoms with Crippen LogP contribution in [0.15, 0.2) is 28.1 Å². The molecule has 1 heterocycles. The number of hydrogen-bond donors (Lipinski definition) is 1. The SMILES string of the molecule is COc1ccc(C(O)Cc2sccc2Br)c(Cl)c1OC. The van der Waals surface area contributed by atoms with Gasteiger partial charge in [-0.25, -0.2) is 0 Å². The van der Waals surface area contributed by atoms with Gasteiger partial charge < -0.3 is 14.6 Å². The summed E-state index contributed by atoms with van der Waals surface area (Å²) in [5, 5.41) is 12.7. The third kappa shape index (κ3) is 3.11. The zero-order valence-electron chi connectivity index (χ0n) is 11.0. The van der Waals surface area contributed by atoms with E-state index in [0.29, 0.717) is 28.5 Å². The van der Waals surface area contributed by atoms with Crippen molar-refractivity contribution in [2.75, 3.05) is 14.2 Å². The van der Waals surface area contributed by atoms with Crippen LogP contribution >= 0.6 is 38.9 Å². The van der Waals surface area contributed by atoms with E-state index >= 15 is 0 Å². The maximum absolute atomic E-state index is 10.4. The lowest BCUT2D eigenvalue weighted by molar-refractivity contribution is 0.179. The lowest BCUT2D eigenvalue weighted by atomic mass is 10.0. The molecule has 2 aromatic rings. The number of aliphatic hydroxyl groups is 1. The van der Waals surface area contributed by atoms with Crippen LogP contribution in [-0.2, 0) is 6.42 Å². The van der Waals surface area contributed by atoms with Gasteiger partial charge in [0.2, 0.25) is 0 Å². The van der Waals surface area contributed by atoms with Crippen LogP contribution in [0, 0.1) is 0 Å². The fourth-order valence-electron chi connectivity index (χ4n) is 1.92. The molecule has 1 atom stereocenters. The van der Waals surface area contributed by atoms with Crippen molar-refractivity contribution in [1.82, 2.24) is 0 Å². The Hall–Kier alpha value is -0.750. The van der Waals surface area contributed by atoms with Gasteiger partial charge in [-0.05, 0) is 33.4 Å². The summed E-state index contributed by atoms with van der Waals surface area (Å²) in [5.74, 6) is 0.988. The van der Waals surface area contributed by atoms with Crippen molar-refractivity contribution < 1.29 is 14.6 Å². The van der Waals surface area contributed by atoms with Gasteiger partial charge in [-0.3, -0.25) is 0 Å². The number of thiophene rings is 1. The van der Waals surface area contributed by atoms with Crippen LogP contribution in [0.1, 0.15) is 16.5 Å². The van der Waals surface area contributed by atoms with Gasteiger partial charge in [0, 0.05) is 21.3 Å². The molecular weight excluding hydrogens is 364 g/mol. The Morgan fingerprint density at radius 1 is 1.30 bits per heavy atom. The monoisotopic (exact) mass is 376 g/mol. The summed E-state index contributed by atoms with van der Waals surface area (Å²) in [6.07, 6.45) is -0.203. The van der Waals surface area contributed by atoms with Gasteiger partial charge >= 0.3 is 0 Å². The van der Waals surface area contributed by atoms with Crippen molar-refractivity contribution in [3.63, 3.8) is 0 Å². The normalized spacial score (nSPS) is 12.2. The molecule has 0 aliphatic carbocycles. The number of methoxy groups -OCH3 is 2. The number of rotatable bonds is 5. The molecule has 0 aliphatic heterocycles. The quantitative estimate of drug-likeness (QED) is 0.836. The minimum atomic E-state index is -0.697. The van der Waals surface area contributed by atoms with Gasteiger partial charge in [-0.15, -0.1) is 11.3 Å². The first-order valence-corrected chi connectivity index (χ1v) is 7.93. The van der Waals surface area contributed by atoms with E-state index in [4.69, 9.17) is 21.1 Å². The molecule has 0 amide bonds. The van der Waals surface area contributed by atoms with Crippen molar-refractivity contribution >= 4 is 38.9 Å². The molecule has 0 bridgehead atoms. The Balaban J connectivity index is 2.30. The Labute approximate surface area is 135 Å². The first kappa shape index (κ1) is 15.6. The van der Waals surface area contributed by atoms with Crippen LogP contribution in [0.3, 0.4) is 0 Å². The molecule has 108 valence electrons. The second kappa shape index (κ2) is 6.80. The first-order valence-electron chi connectivity index (χ1n) is 5.88. The predicted molar refractivity (Wildman–Crippen MR) is 85.2 cm³/mol. The lowest BCUT2D eigenvalue weighted by Gasteiger charge is -2.16.